The molecule has 2 aromatic carbocycles. The van der Waals surface area contributed by atoms with Gasteiger partial charge in [-0.15, -0.1) is 0 Å². The molecule has 0 aliphatic carbocycles. The Morgan fingerprint density at radius 1 is 1.16 bits per heavy atom. The first-order chi connectivity index (χ1) is 11.9. The molecule has 2 aromatic rings. The molecule has 1 amide bonds. The van der Waals surface area contributed by atoms with E-state index in [0.29, 0.717) is 17.7 Å². The summed E-state index contributed by atoms with van der Waals surface area (Å²) >= 11 is 0. The van der Waals surface area contributed by atoms with Gasteiger partial charge in [0.25, 0.3) is 5.91 Å². The van der Waals surface area contributed by atoms with Gasteiger partial charge in [0.05, 0.1) is 24.3 Å². The fourth-order valence-electron chi connectivity index (χ4n) is 4.32. The third kappa shape index (κ3) is 2.28. The zero-order valence-corrected chi connectivity index (χ0v) is 14.7. The smallest absolute Gasteiger partial charge is 0.338 e. The highest BCUT2D eigenvalue weighted by Gasteiger charge is 2.44. The zero-order chi connectivity index (χ0) is 17.8. The van der Waals surface area contributed by atoms with E-state index in [0.717, 1.165) is 12.0 Å². The van der Waals surface area contributed by atoms with Crippen molar-refractivity contribution in [3.05, 3.63) is 70.3 Å². The molecule has 4 rings (SSSR count). The van der Waals surface area contributed by atoms with Crippen LogP contribution in [0.3, 0.4) is 0 Å². The van der Waals surface area contributed by atoms with Crippen LogP contribution < -0.4 is 0 Å². The molecule has 0 saturated carbocycles. The van der Waals surface area contributed by atoms with Gasteiger partial charge in [-0.25, -0.2) is 4.79 Å². The number of hydrogen-bond acceptors (Lipinski definition) is 3. The Morgan fingerprint density at radius 3 is 2.68 bits per heavy atom. The van der Waals surface area contributed by atoms with Gasteiger partial charge < -0.3 is 9.64 Å². The molecule has 2 aliphatic heterocycles. The van der Waals surface area contributed by atoms with Gasteiger partial charge in [0.15, 0.2) is 0 Å². The maximum absolute atomic E-state index is 13.2. The Morgan fingerprint density at radius 2 is 1.92 bits per heavy atom. The second kappa shape index (κ2) is 5.45. The van der Waals surface area contributed by atoms with Crippen LogP contribution in [0.1, 0.15) is 63.7 Å². The van der Waals surface area contributed by atoms with Crippen LogP contribution in [0.15, 0.2) is 42.5 Å². The van der Waals surface area contributed by atoms with Gasteiger partial charge >= 0.3 is 5.97 Å². The minimum Gasteiger partial charge on any atom is -0.465 e. The molecule has 2 aliphatic rings. The van der Waals surface area contributed by atoms with Gasteiger partial charge in [-0.2, -0.15) is 0 Å². The Balaban J connectivity index is 1.87. The maximum Gasteiger partial charge on any atom is 0.338 e. The summed E-state index contributed by atoms with van der Waals surface area (Å²) in [5.74, 6) is -0.531. The van der Waals surface area contributed by atoms with Crippen molar-refractivity contribution in [2.75, 3.05) is 7.11 Å². The number of esters is 1. The Hall–Kier alpha value is -2.62. The summed E-state index contributed by atoms with van der Waals surface area (Å²) in [5.41, 5.74) is 4.23. The summed E-state index contributed by atoms with van der Waals surface area (Å²) in [6.07, 6.45) is 0.827. The first-order valence-electron chi connectivity index (χ1n) is 8.54. The van der Waals surface area contributed by atoms with Crippen molar-refractivity contribution in [3.8, 4) is 0 Å². The van der Waals surface area contributed by atoms with Gasteiger partial charge in [0.1, 0.15) is 0 Å². The summed E-state index contributed by atoms with van der Waals surface area (Å²) in [5, 5.41) is 0. The predicted octanol–water partition coefficient (Wildman–Crippen LogP) is 3.85. The highest BCUT2D eigenvalue weighted by atomic mass is 16.5. The van der Waals surface area contributed by atoms with E-state index in [1.807, 2.05) is 23.1 Å². The number of fused-ring (bicyclic) bond motifs is 4. The van der Waals surface area contributed by atoms with E-state index >= 15 is 0 Å². The Labute approximate surface area is 147 Å². The van der Waals surface area contributed by atoms with Gasteiger partial charge in [-0.05, 0) is 34.6 Å². The van der Waals surface area contributed by atoms with Crippen LogP contribution in [0.2, 0.25) is 0 Å². The van der Waals surface area contributed by atoms with Crippen LogP contribution in [-0.2, 0) is 16.7 Å². The van der Waals surface area contributed by atoms with Crippen LogP contribution in [0, 0.1) is 0 Å². The molecule has 0 saturated heterocycles. The summed E-state index contributed by atoms with van der Waals surface area (Å²) in [6.45, 7) is 5.02. The van der Waals surface area contributed by atoms with E-state index in [-0.39, 0.29) is 17.4 Å². The van der Waals surface area contributed by atoms with E-state index in [9.17, 15) is 9.59 Å². The molecule has 128 valence electrons. The van der Waals surface area contributed by atoms with Crippen LogP contribution in [-0.4, -0.2) is 23.9 Å². The minimum absolute atomic E-state index is 0.0190. The lowest BCUT2D eigenvalue weighted by Crippen LogP contribution is -2.28. The first kappa shape index (κ1) is 15.9. The van der Waals surface area contributed by atoms with Crippen LogP contribution in [0.25, 0.3) is 0 Å². The molecule has 0 spiro atoms. The molecule has 0 bridgehead atoms. The van der Waals surface area contributed by atoms with E-state index in [1.165, 1.54) is 18.2 Å². The highest BCUT2D eigenvalue weighted by molar-refractivity contribution is 6.08. The highest BCUT2D eigenvalue weighted by Crippen LogP contribution is 2.47. The standard InChI is InChI=1S/C21H21NO3/c1-21(2)11-17-14-8-6-9-15(20(24)25-3)18(14)19(23)22(17)12-13-7-4-5-10-16(13)21/h4-10,17H,11-12H2,1-3H3. The predicted molar refractivity (Wildman–Crippen MR) is 94.5 cm³/mol. The van der Waals surface area contributed by atoms with Crippen molar-refractivity contribution >= 4 is 11.9 Å². The third-order valence-corrected chi connectivity index (χ3v) is 5.50. The number of carbonyl (C=O) groups is 2. The molecule has 1 unspecified atom stereocenters. The lowest BCUT2D eigenvalue weighted by Gasteiger charge is -2.29. The number of nitrogens with zero attached hydrogens (tertiary/aromatic N) is 1. The molecule has 4 heteroatoms. The minimum atomic E-state index is -0.456. The number of carbonyl (C=O) groups excluding carboxylic acids is 2. The fraction of sp³-hybridized carbons (Fsp3) is 0.333. The van der Waals surface area contributed by atoms with E-state index in [4.69, 9.17) is 4.74 Å². The molecule has 1 atom stereocenters. The largest absolute Gasteiger partial charge is 0.465 e. The Bertz CT molecular complexity index is 884. The molecule has 0 N–H and O–H groups in total. The van der Waals surface area contributed by atoms with Gasteiger partial charge in [-0.1, -0.05) is 50.2 Å². The average Bonchev–Trinajstić information content (AvgIpc) is 2.79. The van der Waals surface area contributed by atoms with Crippen LogP contribution in [0.5, 0.6) is 0 Å². The van der Waals surface area contributed by atoms with Crippen molar-refractivity contribution in [2.24, 2.45) is 0 Å². The number of rotatable bonds is 1. The van der Waals surface area contributed by atoms with Crippen molar-refractivity contribution in [2.45, 2.75) is 38.3 Å². The number of methoxy groups -OCH3 is 1. The van der Waals surface area contributed by atoms with Gasteiger partial charge in [0.2, 0.25) is 0 Å². The van der Waals surface area contributed by atoms with Crippen LogP contribution in [0.4, 0.5) is 0 Å². The van der Waals surface area contributed by atoms with Crippen molar-refractivity contribution in [1.82, 2.24) is 4.90 Å². The molecular formula is C21H21NO3. The lowest BCUT2D eigenvalue weighted by molar-refractivity contribution is 0.0589. The molecule has 2 heterocycles. The number of hydrogen-bond donors (Lipinski definition) is 0. The molecule has 0 fully saturated rings. The van der Waals surface area contributed by atoms with Gasteiger partial charge in [-0.3, -0.25) is 4.79 Å². The van der Waals surface area contributed by atoms with E-state index in [1.54, 1.807) is 6.07 Å². The summed E-state index contributed by atoms with van der Waals surface area (Å²) in [4.78, 5) is 27.2. The first-order valence-corrected chi connectivity index (χ1v) is 8.54. The maximum atomic E-state index is 13.2. The third-order valence-electron chi connectivity index (χ3n) is 5.50. The van der Waals surface area contributed by atoms with Gasteiger partial charge in [0, 0.05) is 6.54 Å². The average molecular weight is 335 g/mol. The van der Waals surface area contributed by atoms with E-state index in [2.05, 4.69) is 32.0 Å². The molecule has 25 heavy (non-hydrogen) atoms. The normalized spacial score (nSPS) is 20.4. The topological polar surface area (TPSA) is 46.6 Å². The second-order valence-corrected chi connectivity index (χ2v) is 7.46. The van der Waals surface area contributed by atoms with Crippen molar-refractivity contribution in [1.29, 1.82) is 0 Å². The number of ether oxygens (including phenoxy) is 1. The van der Waals surface area contributed by atoms with Crippen molar-refractivity contribution < 1.29 is 14.3 Å². The van der Waals surface area contributed by atoms with E-state index < -0.39 is 5.97 Å². The molecule has 0 aromatic heterocycles. The zero-order valence-electron chi connectivity index (χ0n) is 14.7. The molecular weight excluding hydrogens is 314 g/mol. The monoisotopic (exact) mass is 335 g/mol. The number of amides is 1. The second-order valence-electron chi connectivity index (χ2n) is 7.46. The molecule has 0 radical (unpaired) electrons. The number of benzene rings is 2. The lowest BCUT2D eigenvalue weighted by atomic mass is 9.77. The molecule has 4 nitrogen and oxygen atoms in total. The summed E-state index contributed by atoms with van der Waals surface area (Å²) < 4.78 is 4.88. The quantitative estimate of drug-likeness (QED) is 0.744. The van der Waals surface area contributed by atoms with Crippen molar-refractivity contribution in [3.63, 3.8) is 0 Å². The Kier molecular flexibility index (Phi) is 3.46. The summed E-state index contributed by atoms with van der Waals surface area (Å²) in [7, 11) is 1.35. The summed E-state index contributed by atoms with van der Waals surface area (Å²) in [6, 6.07) is 13.8. The van der Waals surface area contributed by atoms with Crippen LogP contribution >= 0.6 is 0 Å². The fourth-order valence-corrected chi connectivity index (χ4v) is 4.32. The SMILES string of the molecule is COC(=O)c1cccc2c1C(=O)N1Cc3ccccc3C(C)(C)CC21.